The van der Waals surface area contributed by atoms with Gasteiger partial charge in [0, 0.05) is 43.6 Å². The van der Waals surface area contributed by atoms with Gasteiger partial charge in [-0.2, -0.15) is 0 Å². The molecule has 1 aromatic carbocycles. The molecule has 0 amide bonds. The summed E-state index contributed by atoms with van der Waals surface area (Å²) >= 11 is 0. The van der Waals surface area contributed by atoms with Crippen LogP contribution in [0.15, 0.2) is 36.7 Å². The quantitative estimate of drug-likeness (QED) is 0.794. The fourth-order valence-electron chi connectivity index (χ4n) is 3.10. The smallest absolute Gasteiger partial charge is 0.135 e. The minimum absolute atomic E-state index is 0.798. The molecule has 0 bridgehead atoms. The lowest BCUT2D eigenvalue weighted by Crippen LogP contribution is -2.32. The highest BCUT2D eigenvalue weighted by molar-refractivity contribution is 5.62. The maximum Gasteiger partial charge on any atom is 0.135 e. The highest BCUT2D eigenvalue weighted by Crippen LogP contribution is 2.25. The van der Waals surface area contributed by atoms with Crippen molar-refractivity contribution in [2.45, 2.75) is 19.8 Å². The molecule has 1 saturated heterocycles. The molecule has 140 valence electrons. The zero-order valence-electron chi connectivity index (χ0n) is 16.1. The van der Waals surface area contributed by atoms with E-state index in [1.54, 1.807) is 6.33 Å². The normalized spacial score (nSPS) is 15.3. The predicted molar refractivity (Wildman–Crippen MR) is 109 cm³/mol. The van der Waals surface area contributed by atoms with Gasteiger partial charge >= 0.3 is 0 Å². The summed E-state index contributed by atoms with van der Waals surface area (Å²) < 4.78 is 0. The Labute approximate surface area is 156 Å². The molecule has 0 aliphatic carbocycles. The lowest BCUT2D eigenvalue weighted by molar-refractivity contribution is 0.425. The van der Waals surface area contributed by atoms with Crippen LogP contribution < -0.4 is 15.5 Å². The summed E-state index contributed by atoms with van der Waals surface area (Å²) in [7, 11) is 4.12. The van der Waals surface area contributed by atoms with Gasteiger partial charge in [-0.3, -0.25) is 0 Å². The van der Waals surface area contributed by atoms with Gasteiger partial charge in [-0.25, -0.2) is 9.97 Å². The van der Waals surface area contributed by atoms with E-state index in [0.29, 0.717) is 0 Å². The van der Waals surface area contributed by atoms with E-state index in [1.165, 1.54) is 18.5 Å². The number of piperidine rings is 1. The Morgan fingerprint density at radius 1 is 1.08 bits per heavy atom. The fourth-order valence-corrected chi connectivity index (χ4v) is 3.10. The van der Waals surface area contributed by atoms with Crippen LogP contribution in [0.25, 0.3) is 0 Å². The number of nitrogens with zero attached hydrogens (tertiary/aromatic N) is 4. The summed E-state index contributed by atoms with van der Waals surface area (Å²) in [5.41, 5.74) is 2.34. The maximum atomic E-state index is 4.32. The molecule has 3 rings (SSSR count). The van der Waals surface area contributed by atoms with E-state index < -0.39 is 0 Å². The first kappa shape index (κ1) is 18.5. The predicted octanol–water partition coefficient (Wildman–Crippen LogP) is 3.43. The van der Waals surface area contributed by atoms with Crippen molar-refractivity contribution < 1.29 is 0 Å². The minimum Gasteiger partial charge on any atom is -0.372 e. The maximum absolute atomic E-state index is 4.32. The minimum atomic E-state index is 0.798. The van der Waals surface area contributed by atoms with E-state index >= 15 is 0 Å². The van der Waals surface area contributed by atoms with Gasteiger partial charge in [-0.05, 0) is 57.1 Å². The molecule has 1 aromatic heterocycles. The van der Waals surface area contributed by atoms with Crippen LogP contribution in [0.3, 0.4) is 0 Å². The van der Waals surface area contributed by atoms with Crippen molar-refractivity contribution >= 4 is 23.0 Å². The molecule has 6 nitrogen and oxygen atoms in total. The van der Waals surface area contributed by atoms with Crippen LogP contribution in [-0.4, -0.2) is 55.1 Å². The van der Waals surface area contributed by atoms with Crippen LogP contribution in [0, 0.1) is 5.92 Å². The molecular formula is C20H30N6. The topological polar surface area (TPSA) is 56.3 Å². The summed E-state index contributed by atoms with van der Waals surface area (Å²) in [4.78, 5) is 13.2. The molecule has 2 heterocycles. The van der Waals surface area contributed by atoms with Crippen LogP contribution in [-0.2, 0) is 0 Å². The second-order valence-corrected chi connectivity index (χ2v) is 7.36. The van der Waals surface area contributed by atoms with Gasteiger partial charge in [0.25, 0.3) is 0 Å². The number of benzene rings is 1. The number of aromatic nitrogens is 2. The van der Waals surface area contributed by atoms with Crippen molar-refractivity contribution in [1.29, 1.82) is 0 Å². The molecule has 0 saturated carbocycles. The van der Waals surface area contributed by atoms with Crippen LogP contribution in [0.5, 0.6) is 0 Å². The van der Waals surface area contributed by atoms with E-state index in [9.17, 15) is 0 Å². The zero-order valence-corrected chi connectivity index (χ0v) is 16.1. The summed E-state index contributed by atoms with van der Waals surface area (Å²) in [5.74, 6) is 2.49. The largest absolute Gasteiger partial charge is 0.372 e. The molecule has 2 aromatic rings. The fraction of sp³-hybridized carbons (Fsp3) is 0.500. The van der Waals surface area contributed by atoms with E-state index in [4.69, 9.17) is 0 Å². The molecule has 0 atom stereocenters. The number of hydrogen-bond donors (Lipinski definition) is 2. The average Bonchev–Trinajstić information content (AvgIpc) is 2.63. The summed E-state index contributed by atoms with van der Waals surface area (Å²) in [6, 6.07) is 10.6. The van der Waals surface area contributed by atoms with Gasteiger partial charge in [-0.1, -0.05) is 6.92 Å². The third-order valence-electron chi connectivity index (χ3n) is 4.82. The summed E-state index contributed by atoms with van der Waals surface area (Å²) in [6.07, 6.45) is 4.15. The van der Waals surface area contributed by atoms with E-state index in [1.807, 2.05) is 6.07 Å². The van der Waals surface area contributed by atoms with Crippen molar-refractivity contribution in [1.82, 2.24) is 14.9 Å². The number of rotatable bonds is 7. The van der Waals surface area contributed by atoms with Crippen molar-refractivity contribution in [3.05, 3.63) is 36.7 Å². The third kappa shape index (κ3) is 5.33. The number of nitrogens with one attached hydrogen (secondary N) is 2. The zero-order chi connectivity index (χ0) is 18.4. The van der Waals surface area contributed by atoms with Crippen molar-refractivity contribution in [2.24, 2.45) is 5.92 Å². The molecule has 1 aliphatic rings. The number of anilines is 4. The lowest BCUT2D eigenvalue weighted by atomic mass is 9.99. The first-order valence-corrected chi connectivity index (χ1v) is 9.43. The molecule has 0 unspecified atom stereocenters. The van der Waals surface area contributed by atoms with Crippen molar-refractivity contribution in [3.63, 3.8) is 0 Å². The molecule has 0 spiro atoms. The Bertz CT molecular complexity index is 677. The highest BCUT2D eigenvalue weighted by Gasteiger charge is 2.15. The Morgan fingerprint density at radius 2 is 1.77 bits per heavy atom. The Kier molecular flexibility index (Phi) is 6.28. The van der Waals surface area contributed by atoms with Crippen LogP contribution in [0.4, 0.5) is 23.0 Å². The monoisotopic (exact) mass is 354 g/mol. The molecule has 6 heteroatoms. The number of hydrogen-bond acceptors (Lipinski definition) is 6. The summed E-state index contributed by atoms with van der Waals surface area (Å²) in [6.45, 7) is 6.47. The second-order valence-electron chi connectivity index (χ2n) is 7.36. The second kappa shape index (κ2) is 8.85. The average molecular weight is 355 g/mol. The number of likely N-dealkylation sites (N-methyl/N-ethyl adjacent to an activating group) is 1. The van der Waals surface area contributed by atoms with Gasteiger partial charge in [-0.15, -0.1) is 0 Å². The van der Waals surface area contributed by atoms with E-state index in [2.05, 4.69) is 75.7 Å². The van der Waals surface area contributed by atoms with Gasteiger partial charge in [0.15, 0.2) is 0 Å². The Balaban J connectivity index is 1.57. The van der Waals surface area contributed by atoms with E-state index in [0.717, 1.165) is 49.4 Å². The Morgan fingerprint density at radius 3 is 2.46 bits per heavy atom. The molecular weight excluding hydrogens is 324 g/mol. The van der Waals surface area contributed by atoms with Crippen molar-refractivity contribution in [3.8, 4) is 0 Å². The molecule has 1 aliphatic heterocycles. The first-order valence-electron chi connectivity index (χ1n) is 9.43. The van der Waals surface area contributed by atoms with Gasteiger partial charge in [0.05, 0.1) is 0 Å². The Hall–Kier alpha value is -2.34. The van der Waals surface area contributed by atoms with Crippen LogP contribution in [0.2, 0.25) is 0 Å². The highest BCUT2D eigenvalue weighted by atomic mass is 15.1. The van der Waals surface area contributed by atoms with Gasteiger partial charge < -0.3 is 20.4 Å². The molecule has 26 heavy (non-hydrogen) atoms. The van der Waals surface area contributed by atoms with Crippen molar-refractivity contribution in [2.75, 3.05) is 55.8 Å². The molecule has 0 radical (unpaired) electrons. The van der Waals surface area contributed by atoms with Crippen LogP contribution >= 0.6 is 0 Å². The first-order chi connectivity index (χ1) is 12.6. The lowest BCUT2D eigenvalue weighted by Gasteiger charge is -2.32. The van der Waals surface area contributed by atoms with Gasteiger partial charge in [0.1, 0.15) is 18.0 Å². The SMILES string of the molecule is CC1CCN(c2ccc(Nc3cc(NCCN(C)C)ncn3)cc2)CC1. The molecule has 2 N–H and O–H groups in total. The third-order valence-corrected chi connectivity index (χ3v) is 4.82. The van der Waals surface area contributed by atoms with Crippen LogP contribution in [0.1, 0.15) is 19.8 Å². The van der Waals surface area contributed by atoms with Gasteiger partial charge in [0.2, 0.25) is 0 Å². The van der Waals surface area contributed by atoms with E-state index in [-0.39, 0.29) is 0 Å². The summed E-state index contributed by atoms with van der Waals surface area (Å²) in [5, 5.41) is 6.68. The molecule has 1 fully saturated rings. The standard InChI is InChI=1S/C20H30N6/c1-16-8-11-26(12-9-16)18-6-4-17(5-7-18)24-20-14-19(22-15-23-20)21-10-13-25(2)3/h4-7,14-16H,8-13H2,1-3H3,(H2,21,22,23,24).